The first kappa shape index (κ1) is 15.8. The Kier molecular flexibility index (Phi) is 3.55. The van der Waals surface area contributed by atoms with E-state index in [4.69, 9.17) is 6.42 Å². The predicted molar refractivity (Wildman–Crippen MR) is 115 cm³/mol. The third-order valence-corrected chi connectivity index (χ3v) is 5.63. The number of hydrogen-bond donors (Lipinski definition) is 1. The highest BCUT2D eigenvalue weighted by molar-refractivity contribution is 6.09. The molecule has 1 aliphatic rings. The van der Waals surface area contributed by atoms with Crippen molar-refractivity contribution in [1.29, 1.82) is 0 Å². The zero-order valence-corrected chi connectivity index (χ0v) is 15.2. The Morgan fingerprint density at radius 1 is 0.963 bits per heavy atom. The van der Waals surface area contributed by atoms with Crippen molar-refractivity contribution >= 4 is 33.2 Å². The molecule has 0 aliphatic carbocycles. The van der Waals surface area contributed by atoms with Crippen LogP contribution in [0, 0.1) is 12.3 Å². The van der Waals surface area contributed by atoms with E-state index < -0.39 is 0 Å². The highest BCUT2D eigenvalue weighted by Gasteiger charge is 2.35. The minimum absolute atomic E-state index is 0.259. The van der Waals surface area contributed by atoms with Crippen molar-refractivity contribution < 1.29 is 0 Å². The normalized spacial score (nSPS) is 19.0. The molecule has 1 aromatic heterocycles. The molecule has 0 amide bonds. The van der Waals surface area contributed by atoms with Gasteiger partial charge in [-0.1, -0.05) is 48.4 Å². The molecule has 0 radical (unpaired) electrons. The largest absolute Gasteiger partial charge is 0.354 e. The van der Waals surface area contributed by atoms with Gasteiger partial charge in [-0.25, -0.2) is 0 Å². The maximum Gasteiger partial charge on any atom is 0.0485 e. The summed E-state index contributed by atoms with van der Waals surface area (Å²) in [5.74, 6) is 2.92. The van der Waals surface area contributed by atoms with Crippen molar-refractivity contribution in [2.45, 2.75) is 18.9 Å². The summed E-state index contributed by atoms with van der Waals surface area (Å²) in [6.45, 7) is 2.27. The lowest BCUT2D eigenvalue weighted by Crippen LogP contribution is -2.26. The van der Waals surface area contributed by atoms with E-state index in [2.05, 4.69) is 95.5 Å². The van der Waals surface area contributed by atoms with Crippen LogP contribution in [0.4, 0.5) is 11.4 Å². The van der Waals surface area contributed by atoms with Gasteiger partial charge in [-0.3, -0.25) is 0 Å². The highest BCUT2D eigenvalue weighted by atomic mass is 15.2. The van der Waals surface area contributed by atoms with Gasteiger partial charge in [-0.2, -0.15) is 0 Å². The second-order valence-corrected chi connectivity index (χ2v) is 7.12. The van der Waals surface area contributed by atoms with Gasteiger partial charge in [0.15, 0.2) is 0 Å². The van der Waals surface area contributed by atoms with Crippen LogP contribution in [0.25, 0.3) is 21.8 Å². The second kappa shape index (κ2) is 6.07. The van der Waals surface area contributed by atoms with Gasteiger partial charge in [0.1, 0.15) is 0 Å². The van der Waals surface area contributed by atoms with E-state index in [9.17, 15) is 0 Å². The van der Waals surface area contributed by atoms with Crippen molar-refractivity contribution in [3.8, 4) is 12.3 Å². The predicted octanol–water partition coefficient (Wildman–Crippen LogP) is 6.13. The molecule has 3 aromatic carbocycles. The van der Waals surface area contributed by atoms with Crippen molar-refractivity contribution in [3.63, 3.8) is 0 Å². The number of benzene rings is 3. The van der Waals surface area contributed by atoms with Crippen LogP contribution >= 0.6 is 0 Å². The molecule has 1 aliphatic heterocycles. The van der Waals surface area contributed by atoms with Crippen molar-refractivity contribution in [2.75, 3.05) is 4.90 Å². The lowest BCUT2D eigenvalue weighted by Gasteiger charge is -2.26. The van der Waals surface area contributed by atoms with E-state index in [1.807, 2.05) is 6.08 Å². The van der Waals surface area contributed by atoms with Crippen LogP contribution in [0.5, 0.6) is 0 Å². The summed E-state index contributed by atoms with van der Waals surface area (Å²) in [5, 5.41) is 2.53. The molecule has 0 bridgehead atoms. The number of terminal acetylenes is 1. The summed E-state index contributed by atoms with van der Waals surface area (Å²) in [6.07, 6.45) is 9.50. The third kappa shape index (κ3) is 2.36. The molecule has 0 saturated carbocycles. The summed E-state index contributed by atoms with van der Waals surface area (Å²) in [4.78, 5) is 6.00. The van der Waals surface area contributed by atoms with Gasteiger partial charge in [0, 0.05) is 45.1 Å². The fourth-order valence-electron chi connectivity index (χ4n) is 4.41. The molecule has 0 spiro atoms. The van der Waals surface area contributed by atoms with Crippen LogP contribution in [-0.4, -0.2) is 11.0 Å². The number of hydrogen-bond acceptors (Lipinski definition) is 1. The molecule has 2 heterocycles. The molecule has 0 fully saturated rings. The first-order valence-corrected chi connectivity index (χ1v) is 9.29. The number of nitrogens with zero attached hydrogens (tertiary/aromatic N) is 1. The molecular formula is C25H20N2. The number of fused-ring (bicyclic) bond motifs is 4. The van der Waals surface area contributed by atoms with Gasteiger partial charge in [0.2, 0.25) is 0 Å². The van der Waals surface area contributed by atoms with Crippen LogP contribution in [0.2, 0.25) is 0 Å². The Morgan fingerprint density at radius 2 is 1.74 bits per heavy atom. The van der Waals surface area contributed by atoms with Gasteiger partial charge in [-0.05, 0) is 48.9 Å². The van der Waals surface area contributed by atoms with Gasteiger partial charge >= 0.3 is 0 Å². The molecule has 2 nitrogen and oxygen atoms in total. The minimum atomic E-state index is 0.259. The Labute approximate surface area is 159 Å². The number of aromatic nitrogens is 1. The van der Waals surface area contributed by atoms with Gasteiger partial charge < -0.3 is 9.88 Å². The molecule has 2 atom stereocenters. The monoisotopic (exact) mass is 348 g/mol. The Balaban J connectivity index is 1.79. The molecule has 2 unspecified atom stereocenters. The van der Waals surface area contributed by atoms with Crippen molar-refractivity contribution in [3.05, 3.63) is 84.4 Å². The van der Waals surface area contributed by atoms with E-state index in [1.165, 1.54) is 38.7 Å². The second-order valence-electron chi connectivity index (χ2n) is 7.12. The SMILES string of the molecule is C#C/C=C\C1c2cc3c(cc2N(c2ccccc2)C1C)[nH]c1ccccc13. The first-order chi connectivity index (χ1) is 13.3. The number of para-hydroxylation sites is 2. The number of nitrogens with one attached hydrogen (secondary N) is 1. The molecular weight excluding hydrogens is 328 g/mol. The third-order valence-electron chi connectivity index (χ3n) is 5.63. The van der Waals surface area contributed by atoms with Crippen LogP contribution < -0.4 is 4.90 Å². The summed E-state index contributed by atoms with van der Waals surface area (Å²) in [7, 11) is 0. The summed E-state index contributed by atoms with van der Waals surface area (Å²) >= 11 is 0. The average molecular weight is 348 g/mol. The van der Waals surface area contributed by atoms with E-state index in [-0.39, 0.29) is 5.92 Å². The maximum atomic E-state index is 5.51. The topological polar surface area (TPSA) is 19.0 Å². The lowest BCUT2D eigenvalue weighted by molar-refractivity contribution is 0.690. The van der Waals surface area contributed by atoms with E-state index >= 15 is 0 Å². The smallest absolute Gasteiger partial charge is 0.0485 e. The number of anilines is 2. The first-order valence-electron chi connectivity index (χ1n) is 9.29. The van der Waals surface area contributed by atoms with E-state index in [1.54, 1.807) is 0 Å². The van der Waals surface area contributed by atoms with Gasteiger partial charge in [-0.15, -0.1) is 6.42 Å². The summed E-state index contributed by atoms with van der Waals surface area (Å²) in [6, 6.07) is 24.0. The Hall–Kier alpha value is -3.44. The Morgan fingerprint density at radius 3 is 2.56 bits per heavy atom. The number of aromatic amines is 1. The zero-order chi connectivity index (χ0) is 18.4. The molecule has 2 heteroatoms. The Bertz CT molecular complexity index is 1210. The van der Waals surface area contributed by atoms with E-state index in [0.717, 1.165) is 0 Å². The molecule has 5 rings (SSSR count). The number of rotatable bonds is 2. The van der Waals surface area contributed by atoms with Crippen LogP contribution in [0.15, 0.2) is 78.9 Å². The van der Waals surface area contributed by atoms with Crippen LogP contribution in [0.1, 0.15) is 18.4 Å². The standard InChI is InChI=1S/C25H20N2/c1-3-4-12-19-17(2)27(18-10-6-5-7-11-18)25-16-24-21(15-22(19)25)20-13-8-9-14-23(20)26-24/h1,4-17,19,26H,2H3/b12-4-. The quantitative estimate of drug-likeness (QED) is 0.431. The summed E-state index contributed by atoms with van der Waals surface area (Å²) < 4.78 is 0. The van der Waals surface area contributed by atoms with Crippen LogP contribution in [0.3, 0.4) is 0 Å². The molecule has 1 N–H and O–H groups in total. The number of allylic oxidation sites excluding steroid dienone is 1. The average Bonchev–Trinajstić information content (AvgIpc) is 3.19. The lowest BCUT2D eigenvalue weighted by atomic mass is 9.94. The van der Waals surface area contributed by atoms with Gasteiger partial charge in [0.05, 0.1) is 0 Å². The zero-order valence-electron chi connectivity index (χ0n) is 15.2. The van der Waals surface area contributed by atoms with Gasteiger partial charge in [0.25, 0.3) is 0 Å². The summed E-state index contributed by atoms with van der Waals surface area (Å²) in [5.41, 5.74) is 6.13. The molecule has 27 heavy (non-hydrogen) atoms. The molecule has 4 aromatic rings. The highest BCUT2D eigenvalue weighted by Crippen LogP contribution is 2.48. The molecule has 130 valence electrons. The van der Waals surface area contributed by atoms with E-state index in [0.29, 0.717) is 6.04 Å². The van der Waals surface area contributed by atoms with Crippen molar-refractivity contribution in [1.82, 2.24) is 4.98 Å². The number of H-pyrrole nitrogens is 1. The molecule has 0 saturated heterocycles. The van der Waals surface area contributed by atoms with Crippen molar-refractivity contribution in [2.24, 2.45) is 0 Å². The fourth-order valence-corrected chi connectivity index (χ4v) is 4.41. The fraction of sp³-hybridized carbons (Fsp3) is 0.120. The van der Waals surface area contributed by atoms with Crippen LogP contribution in [-0.2, 0) is 0 Å². The maximum absolute atomic E-state index is 5.51. The minimum Gasteiger partial charge on any atom is -0.354 e.